The van der Waals surface area contributed by atoms with E-state index in [9.17, 15) is 4.79 Å². The molecule has 2 heterocycles. The molecular formula is C15H14ClNO2S. The number of carbonyl (C=O) groups excluding carboxylic acids is 1. The summed E-state index contributed by atoms with van der Waals surface area (Å²) in [4.78, 5) is 14.6. The zero-order chi connectivity index (χ0) is 13.9. The zero-order valence-corrected chi connectivity index (χ0v) is 12.4. The van der Waals surface area contributed by atoms with Crippen molar-refractivity contribution in [1.82, 2.24) is 0 Å². The molecule has 1 fully saturated rings. The minimum atomic E-state index is 0.201. The highest BCUT2D eigenvalue weighted by atomic mass is 35.5. The van der Waals surface area contributed by atoms with Crippen molar-refractivity contribution in [3.05, 3.63) is 45.6 Å². The lowest BCUT2D eigenvalue weighted by molar-refractivity contribution is -0.117. The van der Waals surface area contributed by atoms with Crippen molar-refractivity contribution in [2.75, 3.05) is 11.4 Å². The van der Waals surface area contributed by atoms with Gasteiger partial charge in [0.05, 0.1) is 4.34 Å². The zero-order valence-electron chi connectivity index (χ0n) is 10.8. The molecule has 0 aliphatic carbocycles. The summed E-state index contributed by atoms with van der Waals surface area (Å²) < 4.78 is 6.47. The lowest BCUT2D eigenvalue weighted by Gasteiger charge is -2.16. The maximum atomic E-state index is 11.7. The van der Waals surface area contributed by atoms with Crippen molar-refractivity contribution in [3.63, 3.8) is 0 Å². The Morgan fingerprint density at radius 3 is 2.60 bits per heavy atom. The molecule has 0 saturated carbocycles. The number of benzene rings is 1. The predicted octanol–water partition coefficient (Wildman–Crippen LogP) is 4.11. The summed E-state index contributed by atoms with van der Waals surface area (Å²) in [6.45, 7) is 1.33. The van der Waals surface area contributed by atoms with E-state index >= 15 is 0 Å². The van der Waals surface area contributed by atoms with Gasteiger partial charge in [-0.25, -0.2) is 0 Å². The molecule has 104 valence electrons. The molecule has 1 aromatic heterocycles. The Kier molecular flexibility index (Phi) is 3.94. The second-order valence-corrected chi connectivity index (χ2v) is 6.44. The lowest BCUT2D eigenvalue weighted by Crippen LogP contribution is -2.23. The van der Waals surface area contributed by atoms with Gasteiger partial charge in [0.1, 0.15) is 12.4 Å². The van der Waals surface area contributed by atoms with Crippen LogP contribution in [0.15, 0.2) is 36.4 Å². The first-order chi connectivity index (χ1) is 9.72. The van der Waals surface area contributed by atoms with E-state index in [-0.39, 0.29) is 5.91 Å². The fourth-order valence-electron chi connectivity index (χ4n) is 2.23. The standard InChI is InChI=1S/C15H14ClNO2S/c16-14-8-7-13(20-14)10-19-12-5-3-11(4-6-12)17-9-1-2-15(17)18/h3-8H,1-2,9-10H2. The monoisotopic (exact) mass is 307 g/mol. The van der Waals surface area contributed by atoms with Crippen molar-refractivity contribution in [1.29, 1.82) is 0 Å². The normalized spacial score (nSPS) is 14.8. The first-order valence-electron chi connectivity index (χ1n) is 6.50. The molecule has 0 atom stereocenters. The molecule has 3 rings (SSSR count). The van der Waals surface area contributed by atoms with E-state index in [1.165, 1.54) is 11.3 Å². The van der Waals surface area contributed by atoms with Crippen LogP contribution in [-0.4, -0.2) is 12.5 Å². The molecule has 0 radical (unpaired) electrons. The van der Waals surface area contributed by atoms with Crippen molar-refractivity contribution in [2.45, 2.75) is 19.4 Å². The van der Waals surface area contributed by atoms with Crippen LogP contribution in [0, 0.1) is 0 Å². The highest BCUT2D eigenvalue weighted by Gasteiger charge is 2.21. The number of nitrogens with zero attached hydrogens (tertiary/aromatic N) is 1. The quantitative estimate of drug-likeness (QED) is 0.851. The van der Waals surface area contributed by atoms with Gasteiger partial charge in [0, 0.05) is 23.5 Å². The van der Waals surface area contributed by atoms with Crippen molar-refractivity contribution < 1.29 is 9.53 Å². The Bertz CT molecular complexity index is 609. The van der Waals surface area contributed by atoms with E-state index in [4.69, 9.17) is 16.3 Å². The summed E-state index contributed by atoms with van der Waals surface area (Å²) in [6.07, 6.45) is 1.59. The number of thiophene rings is 1. The van der Waals surface area contributed by atoms with Gasteiger partial charge in [-0.1, -0.05) is 11.6 Å². The Morgan fingerprint density at radius 2 is 2.00 bits per heavy atom. The van der Waals surface area contributed by atoms with Crippen LogP contribution in [0.4, 0.5) is 5.69 Å². The van der Waals surface area contributed by atoms with Gasteiger partial charge in [-0.2, -0.15) is 0 Å². The molecule has 0 bridgehead atoms. The molecule has 1 amide bonds. The molecule has 3 nitrogen and oxygen atoms in total. The van der Waals surface area contributed by atoms with Crippen LogP contribution in [0.2, 0.25) is 4.34 Å². The van der Waals surface area contributed by atoms with Gasteiger partial charge in [-0.15, -0.1) is 11.3 Å². The first-order valence-corrected chi connectivity index (χ1v) is 7.69. The molecule has 0 spiro atoms. The average Bonchev–Trinajstić information content (AvgIpc) is 3.06. The maximum absolute atomic E-state index is 11.7. The largest absolute Gasteiger partial charge is 0.488 e. The van der Waals surface area contributed by atoms with E-state index < -0.39 is 0 Å². The lowest BCUT2D eigenvalue weighted by atomic mass is 10.3. The van der Waals surface area contributed by atoms with E-state index in [2.05, 4.69) is 0 Å². The van der Waals surface area contributed by atoms with Gasteiger partial charge in [-0.05, 0) is 42.8 Å². The van der Waals surface area contributed by atoms with Crippen LogP contribution in [-0.2, 0) is 11.4 Å². The second kappa shape index (κ2) is 5.85. The summed E-state index contributed by atoms with van der Waals surface area (Å²) in [5.41, 5.74) is 0.944. The van der Waals surface area contributed by atoms with Gasteiger partial charge in [0.25, 0.3) is 0 Å². The topological polar surface area (TPSA) is 29.5 Å². The molecule has 1 aliphatic rings. The molecule has 1 aliphatic heterocycles. The molecule has 5 heteroatoms. The van der Waals surface area contributed by atoms with E-state index in [1.807, 2.05) is 41.3 Å². The number of carbonyl (C=O) groups is 1. The number of hydrogen-bond acceptors (Lipinski definition) is 3. The van der Waals surface area contributed by atoms with E-state index in [0.717, 1.165) is 33.6 Å². The van der Waals surface area contributed by atoms with Crippen LogP contribution in [0.5, 0.6) is 5.75 Å². The van der Waals surface area contributed by atoms with Crippen molar-refractivity contribution >= 4 is 34.5 Å². The van der Waals surface area contributed by atoms with Gasteiger partial charge < -0.3 is 9.64 Å². The number of halogens is 1. The summed E-state index contributed by atoms with van der Waals surface area (Å²) >= 11 is 7.39. The van der Waals surface area contributed by atoms with Crippen molar-refractivity contribution in [2.24, 2.45) is 0 Å². The van der Waals surface area contributed by atoms with Crippen LogP contribution >= 0.6 is 22.9 Å². The summed E-state index contributed by atoms with van der Waals surface area (Å²) in [5.74, 6) is 0.997. The van der Waals surface area contributed by atoms with Gasteiger partial charge in [-0.3, -0.25) is 4.79 Å². The Morgan fingerprint density at radius 1 is 1.20 bits per heavy atom. The van der Waals surface area contributed by atoms with Gasteiger partial charge in [0.15, 0.2) is 0 Å². The Balaban J connectivity index is 1.62. The third kappa shape index (κ3) is 2.97. The minimum absolute atomic E-state index is 0.201. The molecule has 1 saturated heterocycles. The highest BCUT2D eigenvalue weighted by molar-refractivity contribution is 7.16. The first kappa shape index (κ1) is 13.5. The highest BCUT2D eigenvalue weighted by Crippen LogP contribution is 2.26. The van der Waals surface area contributed by atoms with Crippen LogP contribution < -0.4 is 9.64 Å². The summed E-state index contributed by atoms with van der Waals surface area (Å²) in [5, 5.41) is 0. The van der Waals surface area contributed by atoms with E-state index in [1.54, 1.807) is 0 Å². The maximum Gasteiger partial charge on any atom is 0.227 e. The van der Waals surface area contributed by atoms with Gasteiger partial charge >= 0.3 is 0 Å². The van der Waals surface area contributed by atoms with Crippen LogP contribution in [0.25, 0.3) is 0 Å². The smallest absolute Gasteiger partial charge is 0.227 e. The fourth-order valence-corrected chi connectivity index (χ4v) is 3.23. The summed E-state index contributed by atoms with van der Waals surface area (Å²) in [7, 11) is 0. The number of anilines is 1. The second-order valence-electron chi connectivity index (χ2n) is 4.64. The van der Waals surface area contributed by atoms with Crippen LogP contribution in [0.3, 0.4) is 0 Å². The Hall–Kier alpha value is -1.52. The predicted molar refractivity (Wildman–Crippen MR) is 81.7 cm³/mol. The molecule has 1 aromatic carbocycles. The van der Waals surface area contributed by atoms with E-state index in [0.29, 0.717) is 13.0 Å². The number of ether oxygens (including phenoxy) is 1. The molecule has 0 unspecified atom stereocenters. The fraction of sp³-hybridized carbons (Fsp3) is 0.267. The van der Waals surface area contributed by atoms with Crippen LogP contribution in [0.1, 0.15) is 17.7 Å². The summed E-state index contributed by atoms with van der Waals surface area (Å²) in [6, 6.07) is 11.5. The third-order valence-corrected chi connectivity index (χ3v) is 4.44. The van der Waals surface area contributed by atoms with Crippen molar-refractivity contribution in [3.8, 4) is 5.75 Å². The number of hydrogen-bond donors (Lipinski definition) is 0. The average molecular weight is 308 g/mol. The molecule has 2 aromatic rings. The minimum Gasteiger partial charge on any atom is -0.488 e. The SMILES string of the molecule is O=C1CCCN1c1ccc(OCc2ccc(Cl)s2)cc1. The van der Waals surface area contributed by atoms with Gasteiger partial charge in [0.2, 0.25) is 5.91 Å². The number of rotatable bonds is 4. The molecule has 20 heavy (non-hydrogen) atoms. The number of amides is 1. The molecule has 0 N–H and O–H groups in total. The third-order valence-electron chi connectivity index (χ3n) is 3.23. The molecular weight excluding hydrogens is 294 g/mol. The Labute approximate surface area is 126 Å².